The van der Waals surface area contributed by atoms with Gasteiger partial charge in [0.25, 0.3) is 0 Å². The van der Waals surface area contributed by atoms with Gasteiger partial charge >= 0.3 is 0 Å². The van der Waals surface area contributed by atoms with E-state index >= 15 is 0 Å². The Hall–Kier alpha value is -1.58. The lowest BCUT2D eigenvalue weighted by atomic mass is 9.78. The summed E-state index contributed by atoms with van der Waals surface area (Å²) in [7, 11) is 0. The number of hydrogen-bond acceptors (Lipinski definition) is 2. The number of nitrogens with one attached hydrogen (secondary N) is 2. The minimum absolute atomic E-state index is 1.12. The normalized spacial score (nSPS) is 19.1. The molecule has 2 N–H and O–H groups in total. The first-order valence-electron chi connectivity index (χ1n) is 9.30. The van der Waals surface area contributed by atoms with Gasteiger partial charge in [0.2, 0.25) is 0 Å². The van der Waals surface area contributed by atoms with E-state index in [4.69, 9.17) is 0 Å². The predicted molar refractivity (Wildman–Crippen MR) is 94.9 cm³/mol. The average molecular weight is 316 g/mol. The van der Waals surface area contributed by atoms with Crippen molar-refractivity contribution in [1.29, 1.82) is 0 Å². The molecule has 0 saturated heterocycles. The zero-order valence-electron chi connectivity index (χ0n) is 14.3. The van der Waals surface area contributed by atoms with Gasteiger partial charge in [-0.1, -0.05) is 64.2 Å². The van der Waals surface area contributed by atoms with Gasteiger partial charge in [0, 0.05) is 24.8 Å². The lowest BCUT2D eigenvalue weighted by Crippen LogP contribution is -2.14. The molecule has 0 spiro atoms. The number of hydrogen-bond donors (Lipinski definition) is 2. The van der Waals surface area contributed by atoms with Gasteiger partial charge in [-0.25, -0.2) is 9.97 Å². The van der Waals surface area contributed by atoms with Crippen LogP contribution in [-0.2, 0) is 0 Å². The number of nitrogens with zero attached hydrogens (tertiary/aromatic N) is 2. The molecule has 0 unspecified atom stereocenters. The Morgan fingerprint density at radius 2 is 1.09 bits per heavy atom. The SMILES string of the molecule is C1CCC(CC2CCCCC2)CC1.c1c[nH]cn1.c1c[nH]cn1. The molecule has 4 nitrogen and oxygen atoms in total. The third kappa shape index (κ3) is 8.58. The first kappa shape index (κ1) is 17.8. The quantitative estimate of drug-likeness (QED) is 0.784. The number of imidazole rings is 2. The molecule has 0 bridgehead atoms. The van der Waals surface area contributed by atoms with Crippen LogP contribution in [0, 0.1) is 11.8 Å². The van der Waals surface area contributed by atoms with Gasteiger partial charge in [-0.3, -0.25) is 0 Å². The van der Waals surface area contributed by atoms with E-state index in [2.05, 4.69) is 19.9 Å². The highest BCUT2D eigenvalue weighted by molar-refractivity contribution is 4.73. The van der Waals surface area contributed by atoms with Gasteiger partial charge in [0.1, 0.15) is 0 Å². The molecule has 0 amide bonds. The molecule has 0 aliphatic heterocycles. The van der Waals surface area contributed by atoms with Crippen molar-refractivity contribution < 1.29 is 0 Å². The fraction of sp³-hybridized carbons (Fsp3) is 0.684. The van der Waals surface area contributed by atoms with Crippen LogP contribution in [0.25, 0.3) is 0 Å². The van der Waals surface area contributed by atoms with Gasteiger partial charge in [0.15, 0.2) is 0 Å². The predicted octanol–water partition coefficient (Wildman–Crippen LogP) is 5.36. The number of aromatic nitrogens is 4. The molecule has 0 radical (unpaired) electrons. The van der Waals surface area contributed by atoms with Crippen molar-refractivity contribution in [2.45, 2.75) is 70.6 Å². The molecule has 2 aromatic rings. The lowest BCUT2D eigenvalue weighted by molar-refractivity contribution is 0.244. The van der Waals surface area contributed by atoms with Crippen molar-refractivity contribution in [3.8, 4) is 0 Å². The summed E-state index contributed by atoms with van der Waals surface area (Å²) in [5, 5.41) is 0. The standard InChI is InChI=1S/C13H24.2C3H4N2/c1-3-7-12(8-4-1)11-13-9-5-2-6-10-13;2*1-2-5-3-4-1/h12-13H,1-11H2;2*1-3H,(H,4,5). The van der Waals surface area contributed by atoms with Crippen molar-refractivity contribution in [3.05, 3.63) is 37.4 Å². The molecule has 4 heteroatoms. The van der Waals surface area contributed by atoms with Crippen molar-refractivity contribution in [3.63, 3.8) is 0 Å². The molecule has 0 atom stereocenters. The summed E-state index contributed by atoms with van der Waals surface area (Å²) < 4.78 is 0. The Morgan fingerprint density at radius 3 is 1.35 bits per heavy atom. The highest BCUT2D eigenvalue weighted by Crippen LogP contribution is 2.34. The summed E-state index contributed by atoms with van der Waals surface area (Å²) >= 11 is 0. The van der Waals surface area contributed by atoms with Gasteiger partial charge in [-0.2, -0.15) is 0 Å². The Labute approximate surface area is 140 Å². The first-order chi connectivity index (χ1) is 11.4. The Kier molecular flexibility index (Phi) is 9.21. The summed E-state index contributed by atoms with van der Waals surface area (Å²) in [6.45, 7) is 0. The second kappa shape index (κ2) is 11.9. The van der Waals surface area contributed by atoms with E-state index in [1.807, 2.05) is 0 Å². The lowest BCUT2D eigenvalue weighted by Gasteiger charge is -2.28. The summed E-state index contributed by atoms with van der Waals surface area (Å²) in [6, 6.07) is 0. The molecule has 2 aromatic heterocycles. The van der Waals surface area contributed by atoms with Gasteiger partial charge in [-0.15, -0.1) is 0 Å². The van der Waals surface area contributed by atoms with Crippen LogP contribution in [0.5, 0.6) is 0 Å². The molecular weight excluding hydrogens is 284 g/mol. The monoisotopic (exact) mass is 316 g/mol. The fourth-order valence-electron chi connectivity index (χ4n) is 3.75. The summed E-state index contributed by atoms with van der Waals surface area (Å²) in [5.41, 5.74) is 0. The van der Waals surface area contributed by atoms with E-state index in [1.54, 1.807) is 69.5 Å². The second-order valence-electron chi connectivity index (χ2n) is 6.76. The maximum Gasteiger partial charge on any atom is 0.0919 e. The zero-order valence-corrected chi connectivity index (χ0v) is 14.3. The van der Waals surface area contributed by atoms with E-state index in [0.717, 1.165) is 11.8 Å². The molecule has 0 aromatic carbocycles. The van der Waals surface area contributed by atoms with E-state index in [1.165, 1.54) is 38.5 Å². The summed E-state index contributed by atoms with van der Waals surface area (Å²) in [5.74, 6) is 2.24. The van der Waals surface area contributed by atoms with Gasteiger partial charge in [0.05, 0.1) is 12.7 Å². The topological polar surface area (TPSA) is 57.4 Å². The van der Waals surface area contributed by atoms with Gasteiger partial charge in [-0.05, 0) is 18.3 Å². The third-order valence-electron chi connectivity index (χ3n) is 4.93. The second-order valence-corrected chi connectivity index (χ2v) is 6.76. The molecule has 2 saturated carbocycles. The molecule has 2 heterocycles. The van der Waals surface area contributed by atoms with Crippen LogP contribution in [0.15, 0.2) is 37.4 Å². The molecule has 128 valence electrons. The molecule has 4 rings (SSSR count). The minimum Gasteiger partial charge on any atom is -0.351 e. The smallest absolute Gasteiger partial charge is 0.0919 e. The maximum absolute atomic E-state index is 3.67. The Morgan fingerprint density at radius 1 is 0.652 bits per heavy atom. The van der Waals surface area contributed by atoms with Crippen molar-refractivity contribution in [2.24, 2.45) is 11.8 Å². The largest absolute Gasteiger partial charge is 0.351 e. The highest BCUT2D eigenvalue weighted by Gasteiger charge is 2.20. The molecule has 2 aliphatic rings. The van der Waals surface area contributed by atoms with Crippen LogP contribution in [-0.4, -0.2) is 19.9 Å². The maximum atomic E-state index is 3.67. The van der Waals surface area contributed by atoms with E-state index in [9.17, 15) is 0 Å². The van der Waals surface area contributed by atoms with Crippen LogP contribution in [0.4, 0.5) is 0 Å². The third-order valence-corrected chi connectivity index (χ3v) is 4.93. The van der Waals surface area contributed by atoms with Crippen molar-refractivity contribution >= 4 is 0 Å². The molecular formula is C19H32N4. The van der Waals surface area contributed by atoms with Crippen LogP contribution in [0.1, 0.15) is 70.6 Å². The molecule has 2 aliphatic carbocycles. The van der Waals surface area contributed by atoms with Crippen LogP contribution >= 0.6 is 0 Å². The molecule has 2 fully saturated rings. The van der Waals surface area contributed by atoms with E-state index in [-0.39, 0.29) is 0 Å². The Balaban J connectivity index is 0.000000156. The average Bonchev–Trinajstić information content (AvgIpc) is 3.35. The van der Waals surface area contributed by atoms with E-state index in [0.29, 0.717) is 0 Å². The van der Waals surface area contributed by atoms with Crippen LogP contribution < -0.4 is 0 Å². The summed E-state index contributed by atoms with van der Waals surface area (Å²) in [4.78, 5) is 12.8. The number of rotatable bonds is 2. The minimum atomic E-state index is 1.12. The van der Waals surface area contributed by atoms with Crippen LogP contribution in [0.2, 0.25) is 0 Å². The van der Waals surface area contributed by atoms with Crippen molar-refractivity contribution in [1.82, 2.24) is 19.9 Å². The highest BCUT2D eigenvalue weighted by atomic mass is 14.8. The van der Waals surface area contributed by atoms with Crippen LogP contribution in [0.3, 0.4) is 0 Å². The fourth-order valence-corrected chi connectivity index (χ4v) is 3.75. The number of aromatic amines is 2. The van der Waals surface area contributed by atoms with Gasteiger partial charge < -0.3 is 9.97 Å². The molecule has 23 heavy (non-hydrogen) atoms. The number of H-pyrrole nitrogens is 2. The zero-order chi connectivity index (χ0) is 16.0. The van der Waals surface area contributed by atoms with E-state index < -0.39 is 0 Å². The first-order valence-corrected chi connectivity index (χ1v) is 9.30. The Bertz CT molecular complexity index is 349. The van der Waals surface area contributed by atoms with Crippen molar-refractivity contribution in [2.75, 3.05) is 0 Å². The summed E-state index contributed by atoms with van der Waals surface area (Å²) in [6.07, 6.45) is 27.1.